The fraction of sp³-hybridized carbons (Fsp3) is 0.300. The molecule has 0 unspecified atom stereocenters. The van der Waals surface area contributed by atoms with E-state index in [4.69, 9.17) is 16.3 Å². The molecule has 9 heteroatoms. The fourth-order valence-electron chi connectivity index (χ4n) is 1.27. The third kappa shape index (κ3) is 3.34. The van der Waals surface area contributed by atoms with E-state index in [9.17, 15) is 13.2 Å². The van der Waals surface area contributed by atoms with Crippen LogP contribution in [0.3, 0.4) is 0 Å². The first-order valence-corrected chi connectivity index (χ1v) is 5.58. The van der Waals surface area contributed by atoms with E-state index in [1.165, 1.54) is 12.4 Å². The molecule has 0 saturated heterocycles. The number of halogens is 4. The fourth-order valence-corrected chi connectivity index (χ4v) is 1.44. The minimum atomic E-state index is -4.68. The van der Waals surface area contributed by atoms with Crippen LogP contribution in [-0.4, -0.2) is 19.7 Å². The molecule has 0 saturated carbocycles. The van der Waals surface area contributed by atoms with Gasteiger partial charge in [-0.3, -0.25) is 4.68 Å². The standard InChI is InChI=1S/C10H8ClF3N4O/c1-2-18-5-6(4-15-18)19-8-3-7(11)16-9(17-8)10(12,13)14/h3-5H,2H2,1H3. The number of hydrogen-bond donors (Lipinski definition) is 0. The quantitative estimate of drug-likeness (QED) is 0.816. The molecule has 0 radical (unpaired) electrons. The topological polar surface area (TPSA) is 52.8 Å². The molecule has 0 amide bonds. The summed E-state index contributed by atoms with van der Waals surface area (Å²) in [5, 5.41) is 3.57. The Hall–Kier alpha value is -1.83. The van der Waals surface area contributed by atoms with Crippen LogP contribution >= 0.6 is 11.6 Å². The number of aromatic nitrogens is 4. The molecule has 0 atom stereocenters. The lowest BCUT2D eigenvalue weighted by Crippen LogP contribution is -2.11. The predicted octanol–water partition coefficient (Wildman–Crippen LogP) is 3.16. The highest BCUT2D eigenvalue weighted by Gasteiger charge is 2.35. The minimum Gasteiger partial charge on any atom is -0.436 e. The van der Waals surface area contributed by atoms with Crippen LogP contribution in [0.1, 0.15) is 12.7 Å². The van der Waals surface area contributed by atoms with Crippen LogP contribution in [0.2, 0.25) is 5.15 Å². The van der Waals surface area contributed by atoms with Crippen molar-refractivity contribution in [2.75, 3.05) is 0 Å². The van der Waals surface area contributed by atoms with Crippen molar-refractivity contribution in [3.8, 4) is 11.6 Å². The maximum absolute atomic E-state index is 12.5. The van der Waals surface area contributed by atoms with Gasteiger partial charge >= 0.3 is 6.18 Å². The first kappa shape index (κ1) is 13.6. The SMILES string of the molecule is CCn1cc(Oc2cc(Cl)nc(C(F)(F)F)n2)cn1. The lowest BCUT2D eigenvalue weighted by atomic mass is 10.5. The van der Waals surface area contributed by atoms with Gasteiger partial charge in [-0.15, -0.1) is 0 Å². The second kappa shape index (κ2) is 5.04. The van der Waals surface area contributed by atoms with Crippen molar-refractivity contribution in [1.82, 2.24) is 19.7 Å². The largest absolute Gasteiger partial charge is 0.451 e. The summed E-state index contributed by atoms with van der Waals surface area (Å²) in [6.07, 6.45) is -1.79. The summed E-state index contributed by atoms with van der Waals surface area (Å²) in [6.45, 7) is 2.47. The van der Waals surface area contributed by atoms with E-state index < -0.39 is 12.0 Å². The molecule has 19 heavy (non-hydrogen) atoms. The lowest BCUT2D eigenvalue weighted by molar-refractivity contribution is -0.145. The van der Waals surface area contributed by atoms with E-state index in [0.717, 1.165) is 6.07 Å². The molecule has 2 heterocycles. The number of aryl methyl sites for hydroxylation is 1. The van der Waals surface area contributed by atoms with Crippen molar-refractivity contribution in [2.24, 2.45) is 0 Å². The highest BCUT2D eigenvalue weighted by atomic mass is 35.5. The Balaban J connectivity index is 2.27. The van der Waals surface area contributed by atoms with Crippen molar-refractivity contribution >= 4 is 11.6 Å². The smallest absolute Gasteiger partial charge is 0.436 e. The Kier molecular flexibility index (Phi) is 3.61. The number of alkyl halides is 3. The van der Waals surface area contributed by atoms with E-state index >= 15 is 0 Å². The minimum absolute atomic E-state index is 0.268. The Bertz CT molecular complexity index is 584. The molecule has 2 rings (SSSR count). The zero-order valence-electron chi connectivity index (χ0n) is 9.65. The van der Waals surface area contributed by atoms with Crippen LogP contribution in [-0.2, 0) is 12.7 Å². The summed E-state index contributed by atoms with van der Waals surface area (Å²) in [6, 6.07) is 1.10. The monoisotopic (exact) mass is 292 g/mol. The summed E-state index contributed by atoms with van der Waals surface area (Å²) in [4.78, 5) is 6.35. The Morgan fingerprint density at radius 1 is 1.37 bits per heavy atom. The third-order valence-electron chi connectivity index (χ3n) is 2.08. The van der Waals surface area contributed by atoms with Gasteiger partial charge in [-0.05, 0) is 6.92 Å². The van der Waals surface area contributed by atoms with E-state index in [0.29, 0.717) is 6.54 Å². The first-order chi connectivity index (χ1) is 8.88. The third-order valence-corrected chi connectivity index (χ3v) is 2.27. The molecule has 0 spiro atoms. The Morgan fingerprint density at radius 2 is 2.11 bits per heavy atom. The molecule has 0 fully saturated rings. The van der Waals surface area contributed by atoms with Crippen molar-refractivity contribution in [1.29, 1.82) is 0 Å². The zero-order chi connectivity index (χ0) is 14.0. The summed E-state index contributed by atoms with van der Waals surface area (Å²) in [5.41, 5.74) is 0. The molecule has 0 aliphatic carbocycles. The van der Waals surface area contributed by atoms with Crippen LogP contribution in [0.25, 0.3) is 0 Å². The maximum Gasteiger partial charge on any atom is 0.451 e. The number of ether oxygens (including phenoxy) is 1. The van der Waals surface area contributed by atoms with Gasteiger partial charge in [0.1, 0.15) is 5.15 Å². The number of nitrogens with zero attached hydrogens (tertiary/aromatic N) is 4. The van der Waals surface area contributed by atoms with Crippen molar-refractivity contribution < 1.29 is 17.9 Å². The predicted molar refractivity (Wildman–Crippen MR) is 60.0 cm³/mol. The highest BCUT2D eigenvalue weighted by molar-refractivity contribution is 6.29. The van der Waals surface area contributed by atoms with Crippen LogP contribution in [0.15, 0.2) is 18.5 Å². The molecule has 2 aromatic rings. The van der Waals surface area contributed by atoms with Gasteiger partial charge in [0.05, 0.1) is 12.4 Å². The molecule has 5 nitrogen and oxygen atoms in total. The van der Waals surface area contributed by atoms with Gasteiger partial charge in [-0.25, -0.2) is 4.98 Å². The van der Waals surface area contributed by atoms with Crippen LogP contribution < -0.4 is 4.74 Å². The summed E-state index contributed by atoms with van der Waals surface area (Å²) in [7, 11) is 0. The van der Waals surface area contributed by atoms with Gasteiger partial charge in [0.2, 0.25) is 11.7 Å². The first-order valence-electron chi connectivity index (χ1n) is 5.20. The van der Waals surface area contributed by atoms with Gasteiger partial charge < -0.3 is 4.74 Å². The molecular weight excluding hydrogens is 285 g/mol. The van der Waals surface area contributed by atoms with E-state index in [1.807, 2.05) is 6.92 Å². The summed E-state index contributed by atoms with van der Waals surface area (Å²) < 4.78 is 44.2. The molecular formula is C10H8ClF3N4O. The molecule has 0 bridgehead atoms. The van der Waals surface area contributed by atoms with Gasteiger partial charge in [-0.1, -0.05) is 11.6 Å². The van der Waals surface area contributed by atoms with E-state index in [1.54, 1.807) is 4.68 Å². The van der Waals surface area contributed by atoms with Crippen molar-refractivity contribution in [2.45, 2.75) is 19.6 Å². The summed E-state index contributed by atoms with van der Waals surface area (Å²) >= 11 is 5.50. The van der Waals surface area contributed by atoms with Gasteiger partial charge in [-0.2, -0.15) is 23.3 Å². The molecule has 0 aromatic carbocycles. The van der Waals surface area contributed by atoms with Gasteiger partial charge in [0, 0.05) is 12.6 Å². The second-order valence-corrected chi connectivity index (χ2v) is 3.87. The molecule has 0 aliphatic rings. The van der Waals surface area contributed by atoms with Crippen molar-refractivity contribution in [3.63, 3.8) is 0 Å². The normalized spacial score (nSPS) is 11.6. The van der Waals surface area contributed by atoms with Crippen molar-refractivity contribution in [3.05, 3.63) is 29.4 Å². The van der Waals surface area contributed by atoms with E-state index in [2.05, 4.69) is 15.1 Å². The second-order valence-electron chi connectivity index (χ2n) is 3.48. The van der Waals surface area contributed by atoms with Crippen LogP contribution in [0.5, 0.6) is 11.6 Å². The Morgan fingerprint density at radius 3 is 2.68 bits per heavy atom. The van der Waals surface area contributed by atoms with Crippen LogP contribution in [0, 0.1) is 0 Å². The average Bonchev–Trinajstić information content (AvgIpc) is 2.75. The molecule has 0 N–H and O–H groups in total. The molecule has 102 valence electrons. The lowest BCUT2D eigenvalue weighted by Gasteiger charge is -2.07. The Labute approximate surface area is 111 Å². The summed E-state index contributed by atoms with van der Waals surface area (Å²) in [5.74, 6) is -1.37. The van der Waals surface area contributed by atoms with Crippen LogP contribution in [0.4, 0.5) is 13.2 Å². The van der Waals surface area contributed by atoms with Gasteiger partial charge in [0.15, 0.2) is 5.75 Å². The maximum atomic E-state index is 12.5. The zero-order valence-corrected chi connectivity index (χ0v) is 10.4. The molecule has 0 aliphatic heterocycles. The number of rotatable bonds is 3. The highest BCUT2D eigenvalue weighted by Crippen LogP contribution is 2.30. The number of hydrogen-bond acceptors (Lipinski definition) is 4. The molecule has 2 aromatic heterocycles. The van der Waals surface area contributed by atoms with E-state index in [-0.39, 0.29) is 16.8 Å². The average molecular weight is 293 g/mol. The van der Waals surface area contributed by atoms with Gasteiger partial charge in [0.25, 0.3) is 0 Å².